The van der Waals surface area contributed by atoms with Gasteiger partial charge in [-0.05, 0) is 11.1 Å². The lowest BCUT2D eigenvalue weighted by Crippen LogP contribution is -2.38. The number of hydrogen-bond acceptors (Lipinski definition) is 5. The number of nitrogens with one attached hydrogen (secondary N) is 2. The molecule has 1 aliphatic rings. The highest BCUT2D eigenvalue weighted by Crippen LogP contribution is 2.12. The Balaban J connectivity index is 0.00000338. The first-order chi connectivity index (χ1) is 12.2. The average Bonchev–Trinajstić information content (AvgIpc) is 2.66. The topological polar surface area (TPSA) is 75.2 Å². The van der Waals surface area contributed by atoms with Gasteiger partial charge in [-0.2, -0.15) is 0 Å². The number of guanidine groups is 1. The van der Waals surface area contributed by atoms with Gasteiger partial charge in [-0.15, -0.1) is 24.0 Å². The number of ether oxygens (including phenoxy) is 2. The van der Waals surface area contributed by atoms with E-state index in [0.29, 0.717) is 25.5 Å². The van der Waals surface area contributed by atoms with Crippen LogP contribution < -0.4 is 10.6 Å². The highest BCUT2D eigenvalue weighted by molar-refractivity contribution is 14.0. The van der Waals surface area contributed by atoms with Crippen molar-refractivity contribution >= 4 is 35.9 Å². The number of methoxy groups -OCH3 is 1. The van der Waals surface area contributed by atoms with Crippen LogP contribution in [0.15, 0.2) is 29.3 Å². The van der Waals surface area contributed by atoms with Crippen molar-refractivity contribution in [3.8, 4) is 0 Å². The van der Waals surface area contributed by atoms with Crippen LogP contribution in [0.3, 0.4) is 0 Å². The number of halogens is 1. The molecule has 2 rings (SSSR count). The zero-order chi connectivity index (χ0) is 17.9. The van der Waals surface area contributed by atoms with E-state index in [1.165, 1.54) is 18.2 Å². The van der Waals surface area contributed by atoms with E-state index in [-0.39, 0.29) is 29.9 Å². The number of aliphatic imine (C=N–C) groups is 1. The van der Waals surface area contributed by atoms with Crippen LogP contribution in [0.5, 0.6) is 0 Å². The molecule has 0 atom stereocenters. The molecule has 0 amide bonds. The number of morpholine rings is 1. The highest BCUT2D eigenvalue weighted by Gasteiger charge is 2.12. The molecule has 0 radical (unpaired) electrons. The predicted octanol–water partition coefficient (Wildman–Crippen LogP) is 1.36. The molecule has 7 nitrogen and oxygen atoms in total. The summed E-state index contributed by atoms with van der Waals surface area (Å²) in [6.07, 6.45) is 0.310. The van der Waals surface area contributed by atoms with E-state index >= 15 is 0 Å². The van der Waals surface area contributed by atoms with Crippen molar-refractivity contribution in [1.82, 2.24) is 15.5 Å². The summed E-state index contributed by atoms with van der Waals surface area (Å²) in [5, 5.41) is 6.42. The summed E-state index contributed by atoms with van der Waals surface area (Å²) in [6, 6.07) is 8.42. The van der Waals surface area contributed by atoms with Crippen LogP contribution in [0.25, 0.3) is 0 Å². The molecule has 1 fully saturated rings. The summed E-state index contributed by atoms with van der Waals surface area (Å²) >= 11 is 0. The molecule has 0 saturated carbocycles. The SMILES string of the molecule is CN=C(NCCC(=O)OC)NCc1ccccc1CN1CCOCC1.I. The Kier molecular flexibility index (Phi) is 11.2. The molecule has 2 N–H and O–H groups in total. The minimum Gasteiger partial charge on any atom is -0.469 e. The fraction of sp³-hybridized carbons (Fsp3) is 0.556. The maximum absolute atomic E-state index is 11.2. The molecular formula is C18H29IN4O3. The molecule has 0 aliphatic carbocycles. The van der Waals surface area contributed by atoms with E-state index in [0.717, 1.165) is 32.8 Å². The van der Waals surface area contributed by atoms with E-state index in [4.69, 9.17) is 4.74 Å². The molecule has 146 valence electrons. The Morgan fingerprint density at radius 1 is 1.23 bits per heavy atom. The molecule has 0 unspecified atom stereocenters. The number of rotatable bonds is 7. The quantitative estimate of drug-likeness (QED) is 0.268. The molecule has 26 heavy (non-hydrogen) atoms. The number of carbonyl (C=O) groups excluding carboxylic acids is 1. The van der Waals surface area contributed by atoms with Crippen LogP contribution in [0, 0.1) is 0 Å². The third kappa shape index (κ3) is 7.88. The minimum absolute atomic E-state index is 0. The van der Waals surface area contributed by atoms with Gasteiger partial charge in [0, 0.05) is 39.8 Å². The predicted molar refractivity (Wildman–Crippen MR) is 113 cm³/mol. The lowest BCUT2D eigenvalue weighted by Gasteiger charge is -2.27. The van der Waals surface area contributed by atoms with Gasteiger partial charge in [-0.3, -0.25) is 14.7 Å². The van der Waals surface area contributed by atoms with Crippen molar-refractivity contribution in [2.75, 3.05) is 47.0 Å². The molecular weight excluding hydrogens is 447 g/mol. The van der Waals surface area contributed by atoms with Crippen LogP contribution in [-0.2, 0) is 27.4 Å². The second kappa shape index (κ2) is 12.9. The van der Waals surface area contributed by atoms with E-state index < -0.39 is 0 Å². The molecule has 8 heteroatoms. The highest BCUT2D eigenvalue weighted by atomic mass is 127. The number of carbonyl (C=O) groups is 1. The standard InChI is InChI=1S/C18H28N4O3.HI/c1-19-18(20-8-7-17(23)24-2)21-13-15-5-3-4-6-16(15)14-22-9-11-25-12-10-22;/h3-6H,7-14H2,1-2H3,(H2,19,20,21);1H. The zero-order valence-electron chi connectivity index (χ0n) is 15.5. The Labute approximate surface area is 172 Å². The van der Waals surface area contributed by atoms with Crippen molar-refractivity contribution < 1.29 is 14.3 Å². The van der Waals surface area contributed by atoms with Crippen LogP contribution in [-0.4, -0.2) is 63.8 Å². The average molecular weight is 476 g/mol. The fourth-order valence-electron chi connectivity index (χ4n) is 2.67. The van der Waals surface area contributed by atoms with Gasteiger partial charge in [-0.1, -0.05) is 24.3 Å². The summed E-state index contributed by atoms with van der Waals surface area (Å²) in [5.41, 5.74) is 2.55. The third-order valence-corrected chi connectivity index (χ3v) is 4.14. The number of benzene rings is 1. The molecule has 0 aromatic heterocycles. The molecule has 1 saturated heterocycles. The maximum Gasteiger partial charge on any atom is 0.307 e. The van der Waals surface area contributed by atoms with Gasteiger partial charge in [0.2, 0.25) is 0 Å². The monoisotopic (exact) mass is 476 g/mol. The van der Waals surface area contributed by atoms with Crippen molar-refractivity contribution in [2.24, 2.45) is 4.99 Å². The third-order valence-electron chi connectivity index (χ3n) is 4.14. The molecule has 1 heterocycles. The second-order valence-electron chi connectivity index (χ2n) is 5.84. The van der Waals surface area contributed by atoms with E-state index in [1.54, 1.807) is 7.05 Å². The van der Waals surface area contributed by atoms with Crippen molar-refractivity contribution in [2.45, 2.75) is 19.5 Å². The van der Waals surface area contributed by atoms with Gasteiger partial charge >= 0.3 is 5.97 Å². The van der Waals surface area contributed by atoms with Gasteiger partial charge in [-0.25, -0.2) is 0 Å². The van der Waals surface area contributed by atoms with Gasteiger partial charge in [0.15, 0.2) is 5.96 Å². The fourth-order valence-corrected chi connectivity index (χ4v) is 2.67. The lowest BCUT2D eigenvalue weighted by molar-refractivity contribution is -0.140. The summed E-state index contributed by atoms with van der Waals surface area (Å²) < 4.78 is 10.0. The number of hydrogen-bond donors (Lipinski definition) is 2. The van der Waals surface area contributed by atoms with Crippen molar-refractivity contribution in [3.05, 3.63) is 35.4 Å². The van der Waals surface area contributed by atoms with Crippen LogP contribution in [0.4, 0.5) is 0 Å². The Bertz CT molecular complexity index is 577. The zero-order valence-corrected chi connectivity index (χ0v) is 17.8. The second-order valence-corrected chi connectivity index (χ2v) is 5.84. The maximum atomic E-state index is 11.2. The Morgan fingerprint density at radius 3 is 2.58 bits per heavy atom. The van der Waals surface area contributed by atoms with Crippen molar-refractivity contribution in [3.63, 3.8) is 0 Å². The van der Waals surface area contributed by atoms with Gasteiger partial charge in [0.25, 0.3) is 0 Å². The number of nitrogens with zero attached hydrogens (tertiary/aromatic N) is 2. The largest absolute Gasteiger partial charge is 0.469 e. The van der Waals surface area contributed by atoms with Gasteiger partial charge < -0.3 is 20.1 Å². The van der Waals surface area contributed by atoms with Crippen LogP contribution in [0.1, 0.15) is 17.5 Å². The number of esters is 1. The minimum atomic E-state index is -0.237. The molecule has 1 aromatic rings. The first-order valence-corrected chi connectivity index (χ1v) is 8.61. The molecule has 0 bridgehead atoms. The smallest absolute Gasteiger partial charge is 0.307 e. The lowest BCUT2D eigenvalue weighted by atomic mass is 10.1. The summed E-state index contributed by atoms with van der Waals surface area (Å²) in [4.78, 5) is 17.8. The van der Waals surface area contributed by atoms with E-state index in [2.05, 4.69) is 43.5 Å². The van der Waals surface area contributed by atoms with E-state index in [9.17, 15) is 4.79 Å². The Morgan fingerprint density at radius 2 is 1.92 bits per heavy atom. The van der Waals surface area contributed by atoms with Crippen LogP contribution in [0.2, 0.25) is 0 Å². The molecule has 1 aromatic carbocycles. The molecule has 1 aliphatic heterocycles. The Hall–Kier alpha value is -1.39. The van der Waals surface area contributed by atoms with E-state index in [1.807, 2.05) is 6.07 Å². The molecule has 0 spiro atoms. The first-order valence-electron chi connectivity index (χ1n) is 8.61. The summed E-state index contributed by atoms with van der Waals surface area (Å²) in [6.45, 7) is 5.64. The summed E-state index contributed by atoms with van der Waals surface area (Å²) in [7, 11) is 3.11. The first kappa shape index (κ1) is 22.7. The van der Waals surface area contributed by atoms with Gasteiger partial charge in [0.1, 0.15) is 0 Å². The summed E-state index contributed by atoms with van der Waals surface area (Å²) in [5.74, 6) is 0.434. The normalized spacial score (nSPS) is 15.1. The van der Waals surface area contributed by atoms with Gasteiger partial charge in [0.05, 0.1) is 26.7 Å². The van der Waals surface area contributed by atoms with Crippen molar-refractivity contribution in [1.29, 1.82) is 0 Å². The van der Waals surface area contributed by atoms with Crippen LogP contribution >= 0.6 is 24.0 Å².